The number of aromatic hydroxyl groups is 2. The van der Waals surface area contributed by atoms with Gasteiger partial charge in [-0.25, -0.2) is 0 Å². The van der Waals surface area contributed by atoms with Crippen molar-refractivity contribution in [3.8, 4) is 11.5 Å². The lowest BCUT2D eigenvalue weighted by molar-refractivity contribution is -0.135. The maximum atomic E-state index is 14.0. The van der Waals surface area contributed by atoms with Crippen LogP contribution in [0.25, 0.3) is 5.76 Å². The van der Waals surface area contributed by atoms with E-state index in [-0.39, 0.29) is 30.1 Å². The van der Waals surface area contributed by atoms with Gasteiger partial charge < -0.3 is 15.3 Å². The maximum Gasteiger partial charge on any atom is 0.181 e. The van der Waals surface area contributed by atoms with E-state index < -0.39 is 51.1 Å². The van der Waals surface area contributed by atoms with E-state index in [1.54, 1.807) is 0 Å². The van der Waals surface area contributed by atoms with E-state index in [1.807, 2.05) is 40.7 Å². The molecule has 2 saturated carbocycles. The second-order valence-electron chi connectivity index (χ2n) is 10.4. The number of aliphatic hydroxyl groups excluding tert-OH is 1. The van der Waals surface area contributed by atoms with Gasteiger partial charge in [0.15, 0.2) is 23.1 Å². The number of allylic oxidation sites excluding steroid dienone is 4. The van der Waals surface area contributed by atoms with Crippen molar-refractivity contribution in [1.82, 2.24) is 0 Å². The first-order valence-corrected chi connectivity index (χ1v) is 11.1. The van der Waals surface area contributed by atoms with Crippen LogP contribution in [0.1, 0.15) is 59.4 Å². The van der Waals surface area contributed by atoms with Gasteiger partial charge in [-0.2, -0.15) is 0 Å². The molecule has 3 atom stereocenters. The third kappa shape index (κ3) is 4.03. The average Bonchev–Trinajstić information content (AvgIpc) is 2.85. The Kier molecular flexibility index (Phi) is 6.18. The largest absolute Gasteiger partial charge is 0.506 e. The minimum absolute atomic E-state index is 0.0149. The van der Waals surface area contributed by atoms with Crippen LogP contribution in [0.4, 0.5) is 0 Å². The predicted octanol–water partition coefficient (Wildman–Crippen LogP) is 5.06. The molecule has 6 heteroatoms. The molecule has 1 aromatic rings. The number of Topliss-reactive ketones (excluding diaryl/α,β-unsaturated/α-hetero) is 3. The number of benzene rings is 1. The molecule has 2 aliphatic carbocycles. The fourth-order valence-corrected chi connectivity index (χ4v) is 5.45. The number of aliphatic hydroxyl groups is 1. The van der Waals surface area contributed by atoms with Gasteiger partial charge in [-0.3, -0.25) is 14.4 Å². The van der Waals surface area contributed by atoms with Crippen molar-refractivity contribution in [2.24, 2.45) is 22.7 Å². The molecule has 2 aliphatic rings. The SMILES string of the molecule is C=C(C)[C@@H]1C[C@]2(CC=C(C)C)CC(=O)[C@@H](C(=O)C(=C(O)c3ccc(O)c(O)c3)C2=O)C1(C)C. The van der Waals surface area contributed by atoms with Crippen molar-refractivity contribution in [2.75, 3.05) is 0 Å². The molecule has 3 rings (SSSR count). The van der Waals surface area contributed by atoms with Crippen LogP contribution in [-0.2, 0) is 14.4 Å². The number of carbonyl (C=O) groups excluding carboxylic acids is 3. The van der Waals surface area contributed by atoms with Crippen molar-refractivity contribution in [1.29, 1.82) is 0 Å². The molecule has 6 nitrogen and oxygen atoms in total. The molecule has 2 bridgehead atoms. The van der Waals surface area contributed by atoms with Crippen LogP contribution < -0.4 is 0 Å². The molecule has 0 heterocycles. The lowest BCUT2D eigenvalue weighted by atomic mass is 9.59. The molecule has 2 fully saturated rings. The Morgan fingerprint density at radius 1 is 1.12 bits per heavy atom. The van der Waals surface area contributed by atoms with Crippen molar-refractivity contribution in [2.45, 2.75) is 53.9 Å². The number of hydrogen-bond acceptors (Lipinski definition) is 6. The van der Waals surface area contributed by atoms with E-state index in [0.29, 0.717) is 6.42 Å². The quantitative estimate of drug-likeness (QED) is 0.147. The first-order chi connectivity index (χ1) is 15.2. The van der Waals surface area contributed by atoms with Crippen molar-refractivity contribution in [3.63, 3.8) is 0 Å². The number of phenolic OH excluding ortho intramolecular Hbond substituents is 2. The summed E-state index contributed by atoms with van der Waals surface area (Å²) >= 11 is 0. The Morgan fingerprint density at radius 3 is 2.30 bits per heavy atom. The molecule has 176 valence electrons. The molecule has 0 amide bonds. The van der Waals surface area contributed by atoms with Crippen molar-refractivity contribution < 1.29 is 29.7 Å². The van der Waals surface area contributed by atoms with Gasteiger partial charge in [-0.15, -0.1) is 0 Å². The molecular weight excluding hydrogens is 420 g/mol. The molecule has 0 aliphatic heterocycles. The third-order valence-corrected chi connectivity index (χ3v) is 7.27. The number of carbonyl (C=O) groups is 3. The monoisotopic (exact) mass is 452 g/mol. The Labute approximate surface area is 194 Å². The highest BCUT2D eigenvalue weighted by Gasteiger charge is 2.60. The second kappa shape index (κ2) is 8.32. The van der Waals surface area contributed by atoms with Gasteiger partial charge in [0.1, 0.15) is 17.1 Å². The Morgan fingerprint density at radius 2 is 1.76 bits per heavy atom. The fourth-order valence-electron chi connectivity index (χ4n) is 5.45. The smallest absolute Gasteiger partial charge is 0.181 e. The van der Waals surface area contributed by atoms with E-state index in [4.69, 9.17) is 0 Å². The molecule has 33 heavy (non-hydrogen) atoms. The van der Waals surface area contributed by atoms with Crippen LogP contribution in [0, 0.1) is 22.7 Å². The summed E-state index contributed by atoms with van der Waals surface area (Å²) in [6.45, 7) is 13.5. The molecule has 0 aromatic heterocycles. The number of hydrogen-bond donors (Lipinski definition) is 3. The number of ketones is 3. The van der Waals surface area contributed by atoms with Gasteiger partial charge in [0, 0.05) is 17.4 Å². The predicted molar refractivity (Wildman–Crippen MR) is 126 cm³/mol. The third-order valence-electron chi connectivity index (χ3n) is 7.27. The van der Waals surface area contributed by atoms with Gasteiger partial charge in [-0.1, -0.05) is 37.6 Å². The Hall–Kier alpha value is -3.15. The summed E-state index contributed by atoms with van der Waals surface area (Å²) in [7, 11) is 0. The zero-order valence-corrected chi connectivity index (χ0v) is 19.9. The topological polar surface area (TPSA) is 112 Å². The molecule has 1 aromatic carbocycles. The van der Waals surface area contributed by atoms with Crippen LogP contribution in [0.3, 0.4) is 0 Å². The summed E-state index contributed by atoms with van der Waals surface area (Å²) in [5.41, 5.74) is -0.617. The van der Waals surface area contributed by atoms with Gasteiger partial charge in [0.2, 0.25) is 0 Å². The summed E-state index contributed by atoms with van der Waals surface area (Å²) in [4.78, 5) is 41.3. The van der Waals surface area contributed by atoms with Gasteiger partial charge in [0.25, 0.3) is 0 Å². The molecule has 3 N–H and O–H groups in total. The van der Waals surface area contributed by atoms with E-state index >= 15 is 0 Å². The van der Waals surface area contributed by atoms with E-state index in [2.05, 4.69) is 6.58 Å². The number of fused-ring (bicyclic) bond motifs is 3. The molecule has 0 saturated heterocycles. The highest BCUT2D eigenvalue weighted by molar-refractivity contribution is 6.32. The fraction of sp³-hybridized carbons (Fsp3) is 0.444. The Bertz CT molecular complexity index is 1120. The standard InChI is InChI=1S/C27H32O6/c1-14(2)9-10-27-12-17(15(3)4)26(5,6)22(20(30)13-27)24(32)21(25(27)33)23(31)16-7-8-18(28)19(29)11-16/h7-9,11,17,22,28-29,31H,3,10,12-13H2,1-2,4-6H3/t17-,22-,27+/m0/s1. The molecule has 0 unspecified atom stereocenters. The number of rotatable bonds is 4. The van der Waals surface area contributed by atoms with Crippen LogP contribution in [0.5, 0.6) is 11.5 Å². The first-order valence-electron chi connectivity index (χ1n) is 11.1. The molecule has 0 radical (unpaired) electrons. The van der Waals surface area contributed by atoms with Gasteiger partial charge in [0.05, 0.1) is 5.92 Å². The van der Waals surface area contributed by atoms with Crippen LogP contribution >= 0.6 is 0 Å². The first kappa shape index (κ1) is 24.5. The summed E-state index contributed by atoms with van der Waals surface area (Å²) in [5, 5.41) is 30.6. The summed E-state index contributed by atoms with van der Waals surface area (Å²) in [6, 6.07) is 3.56. The maximum absolute atomic E-state index is 14.0. The summed E-state index contributed by atoms with van der Waals surface area (Å²) < 4.78 is 0. The number of phenols is 2. The summed E-state index contributed by atoms with van der Waals surface area (Å²) in [5.74, 6) is -4.40. The minimum Gasteiger partial charge on any atom is -0.506 e. The average molecular weight is 453 g/mol. The van der Waals surface area contributed by atoms with Crippen LogP contribution in [0.15, 0.2) is 47.6 Å². The van der Waals surface area contributed by atoms with Crippen molar-refractivity contribution >= 4 is 23.1 Å². The van der Waals surface area contributed by atoms with Gasteiger partial charge in [-0.05, 0) is 63.1 Å². The van der Waals surface area contributed by atoms with E-state index in [0.717, 1.165) is 17.2 Å². The van der Waals surface area contributed by atoms with E-state index in [1.165, 1.54) is 12.1 Å². The lowest BCUT2D eigenvalue weighted by Crippen LogP contribution is -2.45. The highest BCUT2D eigenvalue weighted by Crippen LogP contribution is 2.56. The van der Waals surface area contributed by atoms with Crippen molar-refractivity contribution in [3.05, 3.63) is 53.1 Å². The zero-order valence-electron chi connectivity index (χ0n) is 19.9. The van der Waals surface area contributed by atoms with Crippen LogP contribution in [0.2, 0.25) is 0 Å². The highest BCUT2D eigenvalue weighted by atomic mass is 16.3. The summed E-state index contributed by atoms with van der Waals surface area (Å²) in [6.07, 6.45) is 2.41. The van der Waals surface area contributed by atoms with Crippen LogP contribution in [-0.4, -0.2) is 32.7 Å². The normalized spacial score (nSPS) is 28.2. The molecule has 0 spiro atoms. The van der Waals surface area contributed by atoms with Gasteiger partial charge >= 0.3 is 0 Å². The van der Waals surface area contributed by atoms with E-state index in [9.17, 15) is 29.7 Å². The lowest BCUT2D eigenvalue weighted by Gasteiger charge is -2.42. The minimum atomic E-state index is -1.20. The zero-order chi connectivity index (χ0) is 24.9. The second-order valence-corrected chi connectivity index (χ2v) is 10.4. The Balaban J connectivity index is 2.35. The molecular formula is C27H32O6.